The Morgan fingerprint density at radius 1 is 0.667 bits per heavy atom. The Hall–Kier alpha value is -4.54. The van der Waals surface area contributed by atoms with Gasteiger partial charge in [0.05, 0.1) is 16.8 Å². The van der Waals surface area contributed by atoms with Crippen LogP contribution in [-0.4, -0.2) is 34.4 Å². The van der Waals surface area contributed by atoms with Crippen LogP contribution in [0.1, 0.15) is 108 Å². The van der Waals surface area contributed by atoms with Gasteiger partial charge in [-0.05, 0) is 108 Å². The number of amides is 2. The maximum absolute atomic E-state index is 15.3. The maximum atomic E-state index is 15.3. The maximum Gasteiger partial charge on any atom is 0.411 e. The predicted molar refractivity (Wildman–Crippen MR) is 185 cm³/mol. The Morgan fingerprint density at radius 2 is 1.22 bits per heavy atom. The number of phenols is 2. The van der Waals surface area contributed by atoms with E-state index >= 15 is 26.3 Å². The fraction of sp³-hybridized carbons (Fsp3) is 0.400. The number of aromatic hydroxyl groups is 2. The van der Waals surface area contributed by atoms with Gasteiger partial charge >= 0.3 is 12.4 Å². The first-order chi connectivity index (χ1) is 23.2. The summed E-state index contributed by atoms with van der Waals surface area (Å²) in [5.74, 6) is -2.87. The highest BCUT2D eigenvalue weighted by Crippen LogP contribution is 2.57. The van der Waals surface area contributed by atoms with E-state index in [-0.39, 0.29) is 27.8 Å². The summed E-state index contributed by atoms with van der Waals surface area (Å²) in [5.41, 5.74) is -5.43. The average Bonchev–Trinajstić information content (AvgIpc) is 3.20. The van der Waals surface area contributed by atoms with Crippen LogP contribution in [0, 0.1) is 26.2 Å². The number of carbonyl (C=O) groups is 2. The summed E-state index contributed by atoms with van der Waals surface area (Å²) in [5, 5.41) is 21.3. The number of alkyl halides is 6. The molecule has 0 bridgehead atoms. The first kappa shape index (κ1) is 37.7. The molecule has 0 saturated heterocycles. The van der Waals surface area contributed by atoms with Gasteiger partial charge in [-0.15, -0.1) is 0 Å². The molecule has 0 aromatic heterocycles. The number of rotatable bonds is 5. The minimum atomic E-state index is -6.02. The van der Waals surface area contributed by atoms with Crippen LogP contribution in [-0.2, 0) is 17.3 Å². The number of anilines is 1. The highest BCUT2D eigenvalue weighted by Gasteiger charge is 2.72. The average molecular weight is 714 g/mol. The van der Waals surface area contributed by atoms with Crippen molar-refractivity contribution in [2.45, 2.75) is 98.3 Å². The number of phenolic OH excluding ortho intramolecular Hbond substituents is 2. The van der Waals surface area contributed by atoms with Crippen molar-refractivity contribution in [2.24, 2.45) is 5.41 Å². The molecule has 1 aliphatic heterocycles. The molecule has 272 valence electrons. The van der Waals surface area contributed by atoms with E-state index < -0.39 is 62.8 Å². The lowest BCUT2D eigenvalue weighted by Crippen LogP contribution is -2.54. The summed E-state index contributed by atoms with van der Waals surface area (Å²) in [6.45, 7) is 17.0. The summed E-state index contributed by atoms with van der Waals surface area (Å²) < 4.78 is 91.6. The molecule has 4 aromatic carbocycles. The number of hydrogen-bond donors (Lipinski definition) is 2. The van der Waals surface area contributed by atoms with Gasteiger partial charge < -0.3 is 10.2 Å². The van der Waals surface area contributed by atoms with Crippen molar-refractivity contribution in [1.29, 1.82) is 0 Å². The zero-order chi connectivity index (χ0) is 38.4. The Morgan fingerprint density at radius 3 is 1.76 bits per heavy atom. The van der Waals surface area contributed by atoms with E-state index in [4.69, 9.17) is 0 Å². The molecule has 0 unspecified atom stereocenters. The quantitative estimate of drug-likeness (QED) is 0.123. The predicted octanol–water partition coefficient (Wildman–Crippen LogP) is 10.7. The van der Waals surface area contributed by atoms with Crippen LogP contribution in [0.2, 0.25) is 0 Å². The third-order valence-corrected chi connectivity index (χ3v) is 9.82. The monoisotopic (exact) mass is 713 g/mol. The van der Waals surface area contributed by atoms with Crippen LogP contribution in [0.4, 0.5) is 32.0 Å². The van der Waals surface area contributed by atoms with E-state index in [1.807, 2.05) is 48.5 Å². The number of halogens is 6. The molecule has 0 spiro atoms. The summed E-state index contributed by atoms with van der Waals surface area (Å²) in [6, 6.07) is 6.94. The molecule has 0 saturated carbocycles. The van der Waals surface area contributed by atoms with Crippen molar-refractivity contribution in [2.75, 3.05) is 4.90 Å². The van der Waals surface area contributed by atoms with Gasteiger partial charge in [-0.1, -0.05) is 65.8 Å². The largest absolute Gasteiger partial charge is 0.507 e. The molecule has 0 aliphatic carbocycles. The highest BCUT2D eigenvalue weighted by molar-refractivity contribution is 6.35. The Labute approximate surface area is 292 Å². The summed E-state index contributed by atoms with van der Waals surface area (Å²) >= 11 is 0. The first-order valence-corrected chi connectivity index (χ1v) is 16.5. The zero-order valence-corrected chi connectivity index (χ0v) is 30.0. The van der Waals surface area contributed by atoms with Crippen LogP contribution < -0.4 is 4.90 Å². The highest BCUT2D eigenvalue weighted by atomic mass is 19.4. The number of carbonyl (C=O) groups excluding carboxylic acids is 2. The minimum Gasteiger partial charge on any atom is -0.507 e. The summed E-state index contributed by atoms with van der Waals surface area (Å²) in [6.07, 6.45) is -11.2. The molecule has 51 heavy (non-hydrogen) atoms. The van der Waals surface area contributed by atoms with Crippen molar-refractivity contribution in [1.82, 2.24) is 0 Å². The first-order valence-electron chi connectivity index (χ1n) is 16.5. The molecule has 2 amide bonds. The SMILES string of the molecule is Cc1cc(C)c(C(C)(C)C)c(C)c1N1C(=O)c2ccc(C(c3ccc4c(O)c(CCC(C)(C)C)cc(O)c4c3)(C(F)(F)F)C(F)(F)F)cc2C1=O. The Balaban J connectivity index is 1.72. The lowest BCUT2D eigenvalue weighted by atomic mass is 9.71. The standard InChI is InChI=1S/C40H41F6NO4/c1-20-16-21(2)32(22(3)31(20)37(7,8)9)47-34(50)27-13-11-25(19-29(27)35(47)51)38(39(41,42)43,40(44,45)46)24-10-12-26-28(18-24)30(48)17-23(33(26)49)14-15-36(4,5)6/h10-13,16-19,48-49H,14-15H2,1-9H3. The van der Waals surface area contributed by atoms with Gasteiger partial charge in [-0.3, -0.25) is 9.59 Å². The number of hydrogen-bond acceptors (Lipinski definition) is 4. The van der Waals surface area contributed by atoms with Gasteiger partial charge in [0.2, 0.25) is 5.41 Å². The van der Waals surface area contributed by atoms with Gasteiger partial charge in [-0.2, -0.15) is 26.3 Å². The smallest absolute Gasteiger partial charge is 0.411 e. The minimum absolute atomic E-state index is 0.121. The van der Waals surface area contributed by atoms with E-state index in [9.17, 15) is 19.8 Å². The van der Waals surface area contributed by atoms with Crippen molar-refractivity contribution in [3.05, 3.63) is 98.6 Å². The van der Waals surface area contributed by atoms with Gasteiger partial charge in [-0.25, -0.2) is 4.90 Å². The number of fused-ring (bicyclic) bond motifs is 2. The second-order valence-corrected chi connectivity index (χ2v) is 15.8. The van der Waals surface area contributed by atoms with Gasteiger partial charge in [0.1, 0.15) is 11.5 Å². The van der Waals surface area contributed by atoms with Gasteiger partial charge in [0, 0.05) is 10.8 Å². The second-order valence-electron chi connectivity index (χ2n) is 15.8. The van der Waals surface area contributed by atoms with E-state index in [2.05, 4.69) is 0 Å². The van der Waals surface area contributed by atoms with Crippen molar-refractivity contribution < 1.29 is 46.1 Å². The Kier molecular flexibility index (Phi) is 8.89. The van der Waals surface area contributed by atoms with E-state index in [0.717, 1.165) is 34.2 Å². The molecule has 0 radical (unpaired) electrons. The van der Waals surface area contributed by atoms with E-state index in [1.54, 1.807) is 19.9 Å². The van der Waals surface area contributed by atoms with E-state index in [0.29, 0.717) is 53.8 Å². The number of aryl methyl sites for hydroxylation is 3. The third-order valence-electron chi connectivity index (χ3n) is 9.82. The molecule has 4 aromatic rings. The molecular formula is C40H41F6NO4. The van der Waals surface area contributed by atoms with Crippen molar-refractivity contribution in [3.8, 4) is 11.5 Å². The molecule has 11 heteroatoms. The third kappa shape index (κ3) is 6.02. The van der Waals surface area contributed by atoms with E-state index in [1.165, 1.54) is 0 Å². The lowest BCUT2D eigenvalue weighted by Gasteiger charge is -2.38. The summed E-state index contributed by atoms with van der Waals surface area (Å²) in [7, 11) is 0. The van der Waals surface area contributed by atoms with Gasteiger partial charge in [0.15, 0.2) is 0 Å². The molecule has 0 fully saturated rings. The zero-order valence-electron chi connectivity index (χ0n) is 30.0. The van der Waals surface area contributed by atoms with Gasteiger partial charge in [0.25, 0.3) is 11.8 Å². The molecule has 0 atom stereocenters. The number of nitrogens with zero attached hydrogens (tertiary/aromatic N) is 1. The van der Waals surface area contributed by atoms with Crippen LogP contribution in [0.3, 0.4) is 0 Å². The molecule has 1 heterocycles. The van der Waals surface area contributed by atoms with Crippen LogP contribution in [0.15, 0.2) is 48.5 Å². The fourth-order valence-electron chi connectivity index (χ4n) is 7.71. The van der Waals surface area contributed by atoms with Crippen molar-refractivity contribution in [3.63, 3.8) is 0 Å². The van der Waals surface area contributed by atoms with Crippen molar-refractivity contribution >= 4 is 28.3 Å². The molecule has 5 rings (SSSR count). The van der Waals surface area contributed by atoms with Crippen LogP contribution >= 0.6 is 0 Å². The molecule has 2 N–H and O–H groups in total. The molecular weight excluding hydrogens is 672 g/mol. The topological polar surface area (TPSA) is 77.8 Å². The fourth-order valence-corrected chi connectivity index (χ4v) is 7.71. The summed E-state index contributed by atoms with van der Waals surface area (Å²) in [4.78, 5) is 28.5. The Bertz CT molecular complexity index is 2080. The normalized spacial score (nSPS) is 14.5. The molecule has 5 nitrogen and oxygen atoms in total. The number of imide groups is 1. The number of benzene rings is 4. The molecule has 1 aliphatic rings. The van der Waals surface area contributed by atoms with Crippen LogP contribution in [0.25, 0.3) is 10.8 Å². The van der Waals surface area contributed by atoms with Crippen LogP contribution in [0.5, 0.6) is 11.5 Å². The second kappa shape index (κ2) is 12.0. The lowest BCUT2D eigenvalue weighted by molar-refractivity contribution is -0.288.